The van der Waals surface area contributed by atoms with Gasteiger partial charge in [0.2, 0.25) is 5.88 Å². The fourth-order valence-electron chi connectivity index (χ4n) is 2.09. The number of nitrogens with zero attached hydrogens (tertiary/aromatic N) is 1. The maximum absolute atomic E-state index is 12.0. The Hall–Kier alpha value is -2.30. The van der Waals surface area contributed by atoms with E-state index in [0.29, 0.717) is 18.0 Å². The molecular formula is C16H20N2O3. The molecule has 1 aromatic carbocycles. The van der Waals surface area contributed by atoms with Crippen LogP contribution in [0, 0.1) is 11.8 Å². The number of rotatable bonds is 4. The maximum Gasteiger partial charge on any atom is 0.331 e. The normalized spacial score (nSPS) is 12.6. The average molecular weight is 288 g/mol. The van der Waals surface area contributed by atoms with E-state index in [1.54, 1.807) is 24.3 Å². The molecule has 5 heteroatoms. The summed E-state index contributed by atoms with van der Waals surface area (Å²) in [6, 6.07) is 8.84. The van der Waals surface area contributed by atoms with Gasteiger partial charge in [0.05, 0.1) is 0 Å². The Morgan fingerprint density at radius 1 is 1.14 bits per heavy atom. The van der Waals surface area contributed by atoms with Crippen molar-refractivity contribution in [2.24, 2.45) is 11.8 Å². The quantitative estimate of drug-likeness (QED) is 0.905. The second-order valence-corrected chi connectivity index (χ2v) is 5.66. The summed E-state index contributed by atoms with van der Waals surface area (Å²) in [7, 11) is 0. The lowest BCUT2D eigenvalue weighted by Gasteiger charge is -2.18. The molecular weight excluding hydrogens is 268 g/mol. The van der Waals surface area contributed by atoms with E-state index in [1.165, 1.54) is 4.57 Å². The number of nitrogens with one attached hydrogen (secondary N) is 1. The largest absolute Gasteiger partial charge is 0.494 e. The number of H-pyrrole nitrogens is 1. The third kappa shape index (κ3) is 3.07. The van der Waals surface area contributed by atoms with E-state index in [0.717, 1.165) is 0 Å². The lowest BCUT2D eigenvalue weighted by Crippen LogP contribution is -2.33. The number of hydrogen-bond acceptors (Lipinski definition) is 3. The van der Waals surface area contributed by atoms with Gasteiger partial charge in [0.25, 0.3) is 5.56 Å². The van der Waals surface area contributed by atoms with Crippen LogP contribution in [0.1, 0.15) is 20.8 Å². The van der Waals surface area contributed by atoms with Gasteiger partial charge in [-0.05, 0) is 17.4 Å². The highest BCUT2D eigenvalue weighted by Crippen LogP contribution is 2.24. The molecule has 1 heterocycles. The van der Waals surface area contributed by atoms with Crippen LogP contribution in [-0.4, -0.2) is 14.7 Å². The first kappa shape index (κ1) is 15.1. The highest BCUT2D eigenvalue weighted by molar-refractivity contribution is 5.67. The fraction of sp³-hybridized carbons (Fsp3) is 0.375. The van der Waals surface area contributed by atoms with Gasteiger partial charge >= 0.3 is 5.69 Å². The van der Waals surface area contributed by atoms with Crippen LogP contribution in [-0.2, 0) is 6.54 Å². The molecule has 0 radical (unpaired) electrons. The zero-order valence-corrected chi connectivity index (χ0v) is 12.5. The highest BCUT2D eigenvalue weighted by Gasteiger charge is 2.18. The zero-order valence-electron chi connectivity index (χ0n) is 12.5. The van der Waals surface area contributed by atoms with Gasteiger partial charge in [0.15, 0.2) is 0 Å². The first-order valence-electron chi connectivity index (χ1n) is 7.03. The molecule has 1 unspecified atom stereocenters. The molecule has 0 saturated carbocycles. The monoisotopic (exact) mass is 288 g/mol. The van der Waals surface area contributed by atoms with E-state index in [1.807, 2.05) is 13.0 Å². The van der Waals surface area contributed by atoms with Gasteiger partial charge < -0.3 is 5.11 Å². The summed E-state index contributed by atoms with van der Waals surface area (Å²) in [6.45, 7) is 6.47. The molecule has 0 fully saturated rings. The van der Waals surface area contributed by atoms with Crippen molar-refractivity contribution in [1.29, 1.82) is 0 Å². The zero-order chi connectivity index (χ0) is 15.6. The van der Waals surface area contributed by atoms with E-state index < -0.39 is 11.2 Å². The van der Waals surface area contributed by atoms with Crippen LogP contribution in [0.5, 0.6) is 5.88 Å². The first-order chi connectivity index (χ1) is 9.91. The molecule has 0 saturated heterocycles. The maximum atomic E-state index is 12.0. The van der Waals surface area contributed by atoms with Crippen LogP contribution < -0.4 is 11.2 Å². The van der Waals surface area contributed by atoms with E-state index in [2.05, 4.69) is 18.8 Å². The van der Waals surface area contributed by atoms with Crippen LogP contribution >= 0.6 is 0 Å². The van der Waals surface area contributed by atoms with Crippen LogP contribution in [0.15, 0.2) is 39.9 Å². The second kappa shape index (κ2) is 5.99. The van der Waals surface area contributed by atoms with Crippen molar-refractivity contribution in [3.05, 3.63) is 51.2 Å². The van der Waals surface area contributed by atoms with Gasteiger partial charge in [-0.1, -0.05) is 51.1 Å². The Kier molecular flexibility index (Phi) is 4.31. The Morgan fingerprint density at radius 3 is 2.33 bits per heavy atom. The van der Waals surface area contributed by atoms with E-state index >= 15 is 0 Å². The second-order valence-electron chi connectivity index (χ2n) is 5.66. The van der Waals surface area contributed by atoms with Crippen molar-refractivity contribution in [3.63, 3.8) is 0 Å². The van der Waals surface area contributed by atoms with Crippen molar-refractivity contribution in [1.82, 2.24) is 9.55 Å². The molecule has 5 nitrogen and oxygen atoms in total. The molecule has 1 atom stereocenters. The van der Waals surface area contributed by atoms with E-state index in [9.17, 15) is 14.7 Å². The molecule has 2 N–H and O–H groups in total. The first-order valence-corrected chi connectivity index (χ1v) is 7.03. The summed E-state index contributed by atoms with van der Waals surface area (Å²) in [5.74, 6) is 0.286. The molecule has 0 bridgehead atoms. The number of aromatic nitrogens is 2. The number of aromatic hydroxyl groups is 1. The third-order valence-electron chi connectivity index (χ3n) is 3.84. The van der Waals surface area contributed by atoms with Crippen molar-refractivity contribution in [2.75, 3.05) is 0 Å². The Balaban J connectivity index is 2.59. The number of benzene rings is 1. The topological polar surface area (TPSA) is 75.1 Å². The lowest BCUT2D eigenvalue weighted by atomic mass is 9.98. The third-order valence-corrected chi connectivity index (χ3v) is 3.84. The molecule has 0 spiro atoms. The molecule has 0 aliphatic rings. The Labute approximate surface area is 122 Å². The Morgan fingerprint density at radius 2 is 1.76 bits per heavy atom. The van der Waals surface area contributed by atoms with Gasteiger partial charge in [-0.2, -0.15) is 0 Å². The average Bonchev–Trinajstić information content (AvgIpc) is 2.44. The molecule has 112 valence electrons. The van der Waals surface area contributed by atoms with Crippen molar-refractivity contribution < 1.29 is 5.11 Å². The molecule has 0 amide bonds. The van der Waals surface area contributed by atoms with Crippen LogP contribution in [0.25, 0.3) is 11.1 Å². The summed E-state index contributed by atoms with van der Waals surface area (Å²) in [5.41, 5.74) is -0.435. The van der Waals surface area contributed by atoms with Crippen LogP contribution in [0.4, 0.5) is 0 Å². The minimum atomic E-state index is -0.579. The minimum Gasteiger partial charge on any atom is -0.494 e. The standard InChI is InChI=1S/C16H20N2O3/c1-10(2)11(3)9-18-15(20)13(14(19)17-16(18)21)12-7-5-4-6-8-12/h4-8,10-11,20H,9H2,1-3H3,(H,17,19,21). The van der Waals surface area contributed by atoms with Gasteiger partial charge in [-0.15, -0.1) is 0 Å². The molecule has 2 aromatic rings. The molecule has 1 aromatic heterocycles. The minimum absolute atomic E-state index is 0.131. The van der Waals surface area contributed by atoms with Gasteiger partial charge in [-0.3, -0.25) is 14.3 Å². The summed E-state index contributed by atoms with van der Waals surface area (Å²) in [6.07, 6.45) is 0. The highest BCUT2D eigenvalue weighted by atomic mass is 16.3. The molecule has 2 rings (SSSR count). The number of aromatic amines is 1. The van der Waals surface area contributed by atoms with Gasteiger partial charge in [0, 0.05) is 6.54 Å². The van der Waals surface area contributed by atoms with Crippen molar-refractivity contribution >= 4 is 0 Å². The van der Waals surface area contributed by atoms with Crippen LogP contribution in [0.2, 0.25) is 0 Å². The van der Waals surface area contributed by atoms with Crippen molar-refractivity contribution in [2.45, 2.75) is 27.3 Å². The SMILES string of the molecule is CC(C)C(C)Cn1c(O)c(-c2ccccc2)c(=O)[nH]c1=O. The molecule has 0 aliphatic heterocycles. The summed E-state index contributed by atoms with van der Waals surface area (Å²) < 4.78 is 1.23. The predicted octanol–water partition coefficient (Wildman–Crippen LogP) is 2.20. The predicted molar refractivity (Wildman–Crippen MR) is 82.4 cm³/mol. The summed E-state index contributed by atoms with van der Waals surface area (Å²) in [4.78, 5) is 26.2. The summed E-state index contributed by atoms with van der Waals surface area (Å²) in [5, 5.41) is 10.4. The lowest BCUT2D eigenvalue weighted by molar-refractivity contribution is 0.322. The fourth-order valence-corrected chi connectivity index (χ4v) is 2.09. The number of hydrogen-bond donors (Lipinski definition) is 2. The molecule has 21 heavy (non-hydrogen) atoms. The molecule has 0 aliphatic carbocycles. The van der Waals surface area contributed by atoms with Crippen LogP contribution in [0.3, 0.4) is 0 Å². The van der Waals surface area contributed by atoms with E-state index in [-0.39, 0.29) is 17.4 Å². The van der Waals surface area contributed by atoms with Gasteiger partial charge in [0.1, 0.15) is 5.56 Å². The van der Waals surface area contributed by atoms with Crippen molar-refractivity contribution in [3.8, 4) is 17.0 Å². The van der Waals surface area contributed by atoms with E-state index in [4.69, 9.17) is 0 Å². The Bertz CT molecular complexity index is 729. The van der Waals surface area contributed by atoms with Gasteiger partial charge in [-0.25, -0.2) is 4.79 Å². The smallest absolute Gasteiger partial charge is 0.331 e. The summed E-state index contributed by atoms with van der Waals surface area (Å²) >= 11 is 0.